The summed E-state index contributed by atoms with van der Waals surface area (Å²) in [5.41, 5.74) is 2.08. The van der Waals surface area contributed by atoms with Gasteiger partial charge in [-0.2, -0.15) is 0 Å². The molecule has 0 unspecified atom stereocenters. The van der Waals surface area contributed by atoms with Crippen LogP contribution in [0.25, 0.3) is 21.9 Å². The zero-order chi connectivity index (χ0) is 19.7. The highest BCUT2D eigenvalue weighted by molar-refractivity contribution is 6.10. The monoisotopic (exact) mass is 375 g/mol. The van der Waals surface area contributed by atoms with Gasteiger partial charge in [-0.3, -0.25) is 9.59 Å². The van der Waals surface area contributed by atoms with Gasteiger partial charge in [-0.1, -0.05) is 30.3 Å². The molecule has 0 bridgehead atoms. The van der Waals surface area contributed by atoms with Gasteiger partial charge in [0.15, 0.2) is 0 Å². The van der Waals surface area contributed by atoms with Crippen molar-refractivity contribution in [3.63, 3.8) is 0 Å². The highest BCUT2D eigenvalue weighted by atomic mass is 16.5. The number of hydrogen-bond acceptors (Lipinski definition) is 5. The molecule has 3 aromatic carbocycles. The molecule has 1 amide bonds. The number of ether oxygens (including phenoxy) is 2. The largest absolute Gasteiger partial charge is 0.495 e. The van der Waals surface area contributed by atoms with Crippen molar-refractivity contribution in [2.45, 2.75) is 6.92 Å². The first-order chi connectivity index (χ1) is 13.6. The number of methoxy groups -OCH3 is 1. The number of anilines is 1. The molecule has 0 spiro atoms. The minimum absolute atomic E-state index is 0.191. The van der Waals surface area contributed by atoms with Gasteiger partial charge < -0.3 is 19.2 Å². The van der Waals surface area contributed by atoms with Crippen molar-refractivity contribution in [2.24, 2.45) is 0 Å². The molecule has 0 saturated heterocycles. The molecule has 0 aliphatic carbocycles. The molecule has 0 aliphatic heterocycles. The minimum atomic E-state index is -0.499. The Kier molecular flexibility index (Phi) is 4.45. The van der Waals surface area contributed by atoms with Crippen LogP contribution in [-0.2, 0) is 4.79 Å². The van der Waals surface area contributed by atoms with Crippen molar-refractivity contribution in [3.8, 4) is 11.5 Å². The number of carbonyl (C=O) groups is 2. The van der Waals surface area contributed by atoms with Crippen molar-refractivity contribution in [3.05, 3.63) is 66.2 Å². The second-order valence-electron chi connectivity index (χ2n) is 6.19. The van der Waals surface area contributed by atoms with Gasteiger partial charge in [0, 0.05) is 23.8 Å². The fourth-order valence-corrected chi connectivity index (χ4v) is 3.11. The molecule has 4 aromatic rings. The number of furan rings is 1. The second kappa shape index (κ2) is 7.08. The lowest BCUT2D eigenvalue weighted by Crippen LogP contribution is -2.15. The topological polar surface area (TPSA) is 77.8 Å². The van der Waals surface area contributed by atoms with E-state index < -0.39 is 11.9 Å². The number of para-hydroxylation sites is 2. The summed E-state index contributed by atoms with van der Waals surface area (Å²) in [7, 11) is 1.53. The van der Waals surface area contributed by atoms with Crippen molar-refractivity contribution in [2.75, 3.05) is 12.4 Å². The molecule has 1 aromatic heterocycles. The highest BCUT2D eigenvalue weighted by Crippen LogP contribution is 2.36. The standard InChI is InChI=1S/C22H17NO5/c1-13(24)27-19-10-6-4-8-15(19)22(25)23-17-12-20-16(11-21(17)26-2)14-7-3-5-9-18(14)28-20/h3-12H,1-2H3,(H,23,25). The Morgan fingerprint density at radius 2 is 1.64 bits per heavy atom. The van der Waals surface area contributed by atoms with Crippen molar-refractivity contribution < 1.29 is 23.5 Å². The maximum Gasteiger partial charge on any atom is 0.308 e. The maximum absolute atomic E-state index is 12.8. The van der Waals surface area contributed by atoms with E-state index >= 15 is 0 Å². The number of benzene rings is 3. The molecule has 140 valence electrons. The second-order valence-corrected chi connectivity index (χ2v) is 6.19. The predicted molar refractivity (Wildman–Crippen MR) is 106 cm³/mol. The summed E-state index contributed by atoms with van der Waals surface area (Å²) in [6.07, 6.45) is 0. The van der Waals surface area contributed by atoms with Crippen LogP contribution in [0, 0.1) is 0 Å². The van der Waals surface area contributed by atoms with Gasteiger partial charge in [0.2, 0.25) is 0 Å². The number of rotatable bonds is 4. The van der Waals surface area contributed by atoms with Crippen LogP contribution in [0.4, 0.5) is 5.69 Å². The van der Waals surface area contributed by atoms with E-state index in [9.17, 15) is 9.59 Å². The Morgan fingerprint density at radius 3 is 2.43 bits per heavy atom. The van der Waals surface area contributed by atoms with E-state index in [-0.39, 0.29) is 11.3 Å². The molecule has 1 heterocycles. The van der Waals surface area contributed by atoms with Gasteiger partial charge >= 0.3 is 5.97 Å². The zero-order valence-electron chi connectivity index (χ0n) is 15.3. The van der Waals surface area contributed by atoms with Crippen LogP contribution in [0.1, 0.15) is 17.3 Å². The van der Waals surface area contributed by atoms with Gasteiger partial charge in [-0.05, 0) is 24.3 Å². The SMILES string of the molecule is COc1cc2c(cc1NC(=O)c1ccccc1OC(C)=O)oc1ccccc12. The average molecular weight is 375 g/mol. The van der Waals surface area contributed by atoms with Gasteiger partial charge in [0.25, 0.3) is 5.91 Å². The molecule has 0 radical (unpaired) electrons. The normalized spacial score (nSPS) is 10.8. The van der Waals surface area contributed by atoms with Crippen LogP contribution in [0.3, 0.4) is 0 Å². The Balaban J connectivity index is 1.74. The van der Waals surface area contributed by atoms with Crippen LogP contribution >= 0.6 is 0 Å². The molecular formula is C22H17NO5. The summed E-state index contributed by atoms with van der Waals surface area (Å²) in [4.78, 5) is 24.1. The van der Waals surface area contributed by atoms with Gasteiger partial charge in [-0.15, -0.1) is 0 Å². The first-order valence-electron chi connectivity index (χ1n) is 8.65. The van der Waals surface area contributed by atoms with Crippen LogP contribution in [0.2, 0.25) is 0 Å². The Bertz CT molecular complexity index is 1210. The molecule has 0 aliphatic rings. The van der Waals surface area contributed by atoms with Crippen LogP contribution in [0.5, 0.6) is 11.5 Å². The number of hydrogen-bond donors (Lipinski definition) is 1. The van der Waals surface area contributed by atoms with Crippen molar-refractivity contribution >= 4 is 39.5 Å². The molecule has 1 N–H and O–H groups in total. The fraction of sp³-hybridized carbons (Fsp3) is 0.0909. The first kappa shape index (κ1) is 17.6. The number of nitrogens with one attached hydrogen (secondary N) is 1. The lowest BCUT2D eigenvalue weighted by molar-refractivity contribution is -0.131. The summed E-state index contributed by atoms with van der Waals surface area (Å²) in [6.45, 7) is 1.28. The zero-order valence-corrected chi connectivity index (χ0v) is 15.3. The van der Waals surface area contributed by atoms with Gasteiger partial charge in [0.1, 0.15) is 22.7 Å². The molecule has 0 atom stereocenters. The molecular weight excluding hydrogens is 358 g/mol. The van der Waals surface area contributed by atoms with E-state index in [1.807, 2.05) is 30.3 Å². The Hall–Kier alpha value is -3.80. The highest BCUT2D eigenvalue weighted by Gasteiger charge is 2.18. The molecule has 6 nitrogen and oxygen atoms in total. The third-order valence-electron chi connectivity index (χ3n) is 4.33. The number of amides is 1. The number of carbonyl (C=O) groups excluding carboxylic acids is 2. The molecule has 4 rings (SSSR count). The fourth-order valence-electron chi connectivity index (χ4n) is 3.11. The summed E-state index contributed by atoms with van der Waals surface area (Å²) < 4.78 is 16.5. The molecule has 0 saturated carbocycles. The quantitative estimate of drug-likeness (QED) is 0.411. The lowest BCUT2D eigenvalue weighted by atomic mass is 10.1. The third-order valence-corrected chi connectivity index (χ3v) is 4.33. The van der Waals surface area contributed by atoms with E-state index in [4.69, 9.17) is 13.9 Å². The van der Waals surface area contributed by atoms with Gasteiger partial charge in [0.05, 0.1) is 18.4 Å². The van der Waals surface area contributed by atoms with E-state index in [1.54, 1.807) is 30.3 Å². The van der Waals surface area contributed by atoms with Gasteiger partial charge in [-0.25, -0.2) is 0 Å². The van der Waals surface area contributed by atoms with E-state index in [2.05, 4.69) is 5.32 Å². The van der Waals surface area contributed by atoms with E-state index in [1.165, 1.54) is 14.0 Å². The third kappa shape index (κ3) is 3.16. The predicted octanol–water partition coefficient (Wildman–Crippen LogP) is 4.77. The summed E-state index contributed by atoms with van der Waals surface area (Å²) in [6, 6.07) is 17.8. The first-order valence-corrected chi connectivity index (χ1v) is 8.65. The summed E-state index contributed by atoms with van der Waals surface area (Å²) in [5.74, 6) is -0.235. The van der Waals surface area contributed by atoms with Crippen molar-refractivity contribution in [1.82, 2.24) is 0 Å². The van der Waals surface area contributed by atoms with Crippen LogP contribution in [-0.4, -0.2) is 19.0 Å². The average Bonchev–Trinajstić information content (AvgIpc) is 3.04. The maximum atomic E-state index is 12.8. The van der Waals surface area contributed by atoms with Crippen molar-refractivity contribution in [1.29, 1.82) is 0 Å². The molecule has 6 heteroatoms. The van der Waals surface area contributed by atoms with Crippen LogP contribution < -0.4 is 14.8 Å². The molecule has 0 fully saturated rings. The smallest absolute Gasteiger partial charge is 0.308 e. The number of esters is 1. The Labute approximate surface area is 160 Å². The lowest BCUT2D eigenvalue weighted by Gasteiger charge is -2.12. The molecule has 28 heavy (non-hydrogen) atoms. The minimum Gasteiger partial charge on any atom is -0.495 e. The summed E-state index contributed by atoms with van der Waals surface area (Å²) >= 11 is 0. The van der Waals surface area contributed by atoms with E-state index in [0.29, 0.717) is 17.0 Å². The summed E-state index contributed by atoms with van der Waals surface area (Å²) in [5, 5.41) is 4.67. The van der Waals surface area contributed by atoms with E-state index in [0.717, 1.165) is 16.4 Å². The number of fused-ring (bicyclic) bond motifs is 3. The Morgan fingerprint density at radius 1 is 0.893 bits per heavy atom. The van der Waals surface area contributed by atoms with Crippen LogP contribution in [0.15, 0.2) is 65.1 Å².